The van der Waals surface area contributed by atoms with Gasteiger partial charge in [0.2, 0.25) is 0 Å². The number of nitrogens with one attached hydrogen (secondary N) is 2. The Morgan fingerprint density at radius 1 is 0.818 bits per heavy atom. The van der Waals surface area contributed by atoms with Gasteiger partial charge in [0.05, 0.1) is 26.4 Å². The second-order valence-electron chi connectivity index (χ2n) is 7.63. The number of benzene rings is 3. The minimum absolute atomic E-state index is 0.139. The van der Waals surface area contributed by atoms with Crippen LogP contribution in [0.15, 0.2) is 72.8 Å². The summed E-state index contributed by atoms with van der Waals surface area (Å²) >= 11 is 0. The molecule has 0 spiro atoms. The first kappa shape index (κ1) is 22.6. The van der Waals surface area contributed by atoms with Crippen molar-refractivity contribution in [3.05, 3.63) is 89.5 Å². The van der Waals surface area contributed by atoms with Gasteiger partial charge < -0.3 is 24.6 Å². The normalized spacial score (nSPS) is 17.6. The molecule has 4 rings (SSSR count). The van der Waals surface area contributed by atoms with Gasteiger partial charge in [-0.15, -0.1) is 0 Å². The predicted molar refractivity (Wildman–Crippen MR) is 130 cm³/mol. The Hall–Kier alpha value is -3.64. The van der Waals surface area contributed by atoms with Crippen LogP contribution in [0.25, 0.3) is 5.70 Å². The molecule has 3 N–H and O–H groups in total. The molecule has 1 heterocycles. The van der Waals surface area contributed by atoms with Crippen molar-refractivity contribution in [1.82, 2.24) is 10.6 Å². The molecule has 0 fully saturated rings. The van der Waals surface area contributed by atoms with Crippen LogP contribution in [0.4, 0.5) is 0 Å². The summed E-state index contributed by atoms with van der Waals surface area (Å²) in [6, 6.07) is 21.2. The number of hydrogen-bond donors (Lipinski definition) is 3. The van der Waals surface area contributed by atoms with Crippen molar-refractivity contribution in [1.29, 1.82) is 0 Å². The van der Waals surface area contributed by atoms with Gasteiger partial charge in [-0.3, -0.25) is 5.32 Å². The molecule has 33 heavy (non-hydrogen) atoms. The van der Waals surface area contributed by atoms with Crippen LogP contribution in [-0.4, -0.2) is 25.4 Å². The summed E-state index contributed by atoms with van der Waals surface area (Å²) in [4.78, 5) is 0. The Kier molecular flexibility index (Phi) is 7.05. The minimum Gasteiger partial charge on any atom is -0.504 e. The first-order valence-corrected chi connectivity index (χ1v) is 11.2. The van der Waals surface area contributed by atoms with Crippen LogP contribution in [0, 0.1) is 0 Å². The van der Waals surface area contributed by atoms with Crippen molar-refractivity contribution in [2.45, 2.75) is 26.1 Å². The van der Waals surface area contributed by atoms with E-state index in [1.807, 2.05) is 74.5 Å². The maximum absolute atomic E-state index is 10.9. The number of ether oxygens (including phenoxy) is 3. The first-order chi connectivity index (χ1) is 16.1. The number of aromatic hydroxyl groups is 1. The van der Waals surface area contributed by atoms with Gasteiger partial charge in [-0.25, -0.2) is 0 Å². The van der Waals surface area contributed by atoms with E-state index in [9.17, 15) is 5.11 Å². The standard InChI is InChI=1S/C27H30N2O4/c1-4-32-19-15-13-18(14-16-19)22-17-23(20-10-8-12-25(26(20)30)33-5-2)29-27(28-22)21-9-6-7-11-24(21)31-3/h6-17,23,27-30H,4-5H2,1-3H3. The smallest absolute Gasteiger partial charge is 0.162 e. The number of para-hydroxylation sites is 2. The highest BCUT2D eigenvalue weighted by Gasteiger charge is 2.28. The third-order valence-electron chi connectivity index (χ3n) is 5.57. The molecular weight excluding hydrogens is 416 g/mol. The molecule has 1 aliphatic rings. The molecule has 2 atom stereocenters. The largest absolute Gasteiger partial charge is 0.504 e. The molecule has 0 aromatic heterocycles. The minimum atomic E-state index is -0.261. The van der Waals surface area contributed by atoms with E-state index in [0.717, 1.165) is 33.9 Å². The van der Waals surface area contributed by atoms with Crippen molar-refractivity contribution in [3.63, 3.8) is 0 Å². The molecule has 6 heteroatoms. The summed E-state index contributed by atoms with van der Waals surface area (Å²) < 4.78 is 16.8. The lowest BCUT2D eigenvalue weighted by atomic mass is 9.97. The Morgan fingerprint density at radius 3 is 2.24 bits per heavy atom. The number of phenolic OH excluding ortho intramolecular Hbond substituents is 1. The highest BCUT2D eigenvalue weighted by atomic mass is 16.5. The van der Waals surface area contributed by atoms with Crippen molar-refractivity contribution in [2.24, 2.45) is 0 Å². The van der Waals surface area contributed by atoms with Crippen LogP contribution in [0.5, 0.6) is 23.0 Å². The van der Waals surface area contributed by atoms with E-state index in [1.165, 1.54) is 0 Å². The van der Waals surface area contributed by atoms with E-state index < -0.39 is 0 Å². The summed E-state index contributed by atoms with van der Waals surface area (Å²) in [6.45, 7) is 4.97. The molecule has 3 aromatic carbocycles. The molecule has 0 saturated heterocycles. The van der Waals surface area contributed by atoms with Crippen LogP contribution in [0.1, 0.15) is 42.7 Å². The second-order valence-corrected chi connectivity index (χ2v) is 7.63. The predicted octanol–water partition coefficient (Wildman–Crippen LogP) is 5.17. The molecule has 0 amide bonds. The van der Waals surface area contributed by atoms with Gasteiger partial charge in [-0.1, -0.05) is 30.3 Å². The van der Waals surface area contributed by atoms with Gasteiger partial charge in [0.25, 0.3) is 0 Å². The van der Waals surface area contributed by atoms with E-state index in [1.54, 1.807) is 13.2 Å². The van der Waals surface area contributed by atoms with Crippen LogP contribution in [0.3, 0.4) is 0 Å². The van der Waals surface area contributed by atoms with Gasteiger partial charge in [-0.2, -0.15) is 0 Å². The summed E-state index contributed by atoms with van der Waals surface area (Å²) in [7, 11) is 1.67. The summed E-state index contributed by atoms with van der Waals surface area (Å²) in [5.41, 5.74) is 3.68. The average Bonchev–Trinajstić information content (AvgIpc) is 2.86. The molecule has 6 nitrogen and oxygen atoms in total. The summed E-state index contributed by atoms with van der Waals surface area (Å²) in [5.74, 6) is 2.22. The topological polar surface area (TPSA) is 72.0 Å². The van der Waals surface area contributed by atoms with Crippen molar-refractivity contribution >= 4 is 5.70 Å². The van der Waals surface area contributed by atoms with Gasteiger partial charge in [0, 0.05) is 16.8 Å². The monoisotopic (exact) mass is 446 g/mol. The third-order valence-corrected chi connectivity index (χ3v) is 5.57. The Morgan fingerprint density at radius 2 is 1.52 bits per heavy atom. The zero-order chi connectivity index (χ0) is 23.2. The van der Waals surface area contributed by atoms with Crippen molar-refractivity contribution in [2.75, 3.05) is 20.3 Å². The molecule has 172 valence electrons. The highest BCUT2D eigenvalue weighted by molar-refractivity contribution is 5.68. The molecule has 0 aliphatic carbocycles. The van der Waals surface area contributed by atoms with E-state index in [0.29, 0.717) is 19.0 Å². The lowest BCUT2D eigenvalue weighted by molar-refractivity contribution is 0.314. The molecule has 2 unspecified atom stereocenters. The van der Waals surface area contributed by atoms with Crippen LogP contribution < -0.4 is 24.8 Å². The van der Waals surface area contributed by atoms with Gasteiger partial charge in [0.1, 0.15) is 17.7 Å². The molecule has 0 saturated carbocycles. The summed E-state index contributed by atoms with van der Waals surface area (Å²) in [5, 5.41) is 18.1. The molecule has 3 aromatic rings. The number of rotatable bonds is 8. The second kappa shape index (κ2) is 10.3. The Balaban J connectivity index is 1.76. The summed E-state index contributed by atoms with van der Waals surface area (Å²) in [6.07, 6.45) is 1.83. The third kappa shape index (κ3) is 4.91. The Bertz CT molecular complexity index is 1110. The zero-order valence-electron chi connectivity index (χ0n) is 19.2. The Labute approximate surface area is 194 Å². The molecular formula is C27H30N2O4. The number of phenols is 1. The maximum atomic E-state index is 10.9. The molecule has 0 radical (unpaired) electrons. The first-order valence-electron chi connectivity index (χ1n) is 11.2. The van der Waals surface area contributed by atoms with E-state index in [4.69, 9.17) is 14.2 Å². The fraction of sp³-hybridized carbons (Fsp3) is 0.259. The zero-order valence-corrected chi connectivity index (χ0v) is 19.2. The lowest BCUT2D eigenvalue weighted by Gasteiger charge is -2.34. The van der Waals surface area contributed by atoms with Gasteiger partial charge >= 0.3 is 0 Å². The van der Waals surface area contributed by atoms with Gasteiger partial charge in [-0.05, 0) is 61.9 Å². The van der Waals surface area contributed by atoms with Crippen LogP contribution >= 0.6 is 0 Å². The number of hydrogen-bond acceptors (Lipinski definition) is 6. The molecule has 1 aliphatic heterocycles. The van der Waals surface area contributed by atoms with Gasteiger partial charge in [0.15, 0.2) is 11.5 Å². The maximum Gasteiger partial charge on any atom is 0.162 e. The molecule has 0 bridgehead atoms. The van der Waals surface area contributed by atoms with Crippen LogP contribution in [0.2, 0.25) is 0 Å². The highest BCUT2D eigenvalue weighted by Crippen LogP contribution is 2.39. The van der Waals surface area contributed by atoms with Crippen molar-refractivity contribution in [3.8, 4) is 23.0 Å². The SMILES string of the molecule is CCOc1ccc(C2=CC(c3cccc(OCC)c3O)NC(c3ccccc3OC)N2)cc1. The van der Waals surface area contributed by atoms with E-state index >= 15 is 0 Å². The number of methoxy groups -OCH3 is 1. The van der Waals surface area contributed by atoms with E-state index in [-0.39, 0.29) is 18.0 Å². The van der Waals surface area contributed by atoms with Crippen molar-refractivity contribution < 1.29 is 19.3 Å². The average molecular weight is 447 g/mol. The lowest BCUT2D eigenvalue weighted by Crippen LogP contribution is -2.39. The fourth-order valence-electron chi connectivity index (χ4n) is 4.03. The fourth-order valence-corrected chi connectivity index (χ4v) is 4.03. The van der Waals surface area contributed by atoms with Crippen LogP contribution in [-0.2, 0) is 0 Å². The quantitative estimate of drug-likeness (QED) is 0.443. The van der Waals surface area contributed by atoms with E-state index in [2.05, 4.69) is 16.7 Å².